The summed E-state index contributed by atoms with van der Waals surface area (Å²) < 4.78 is 5.36. The molecule has 5 rings (SSSR count). The minimum atomic E-state index is -0.00382. The zero-order chi connectivity index (χ0) is 17.1. The molecular formula is C20H25N3O2. The van der Waals surface area contributed by atoms with Crippen molar-refractivity contribution in [2.45, 2.75) is 64.3 Å². The average Bonchev–Trinajstić information content (AvgIpc) is 3.06. The number of pyridine rings is 1. The summed E-state index contributed by atoms with van der Waals surface area (Å²) >= 11 is 0. The highest BCUT2D eigenvalue weighted by Gasteiger charge is 2.42. The first-order valence-corrected chi connectivity index (χ1v) is 9.68. The van der Waals surface area contributed by atoms with Crippen LogP contribution in [0.15, 0.2) is 10.6 Å². The second kappa shape index (κ2) is 5.55. The molecule has 3 fully saturated rings. The fraction of sp³-hybridized carbons (Fsp3) is 0.650. The van der Waals surface area contributed by atoms with Gasteiger partial charge in [-0.3, -0.25) is 4.79 Å². The molecule has 3 aliphatic carbocycles. The number of hydrogen-bond donors (Lipinski definition) is 1. The Labute approximate surface area is 147 Å². The maximum Gasteiger partial charge on any atom is 0.259 e. The third kappa shape index (κ3) is 2.55. The van der Waals surface area contributed by atoms with Gasteiger partial charge in [-0.1, -0.05) is 11.6 Å². The van der Waals surface area contributed by atoms with Gasteiger partial charge in [-0.15, -0.1) is 0 Å². The third-order valence-electron chi connectivity index (χ3n) is 6.67. The van der Waals surface area contributed by atoms with Crippen LogP contribution in [0.5, 0.6) is 0 Å². The Morgan fingerprint density at radius 1 is 1.28 bits per heavy atom. The summed E-state index contributed by atoms with van der Waals surface area (Å²) in [6.07, 6.45) is 7.66. The van der Waals surface area contributed by atoms with Gasteiger partial charge >= 0.3 is 0 Å². The Morgan fingerprint density at radius 3 is 2.80 bits per heavy atom. The maximum absolute atomic E-state index is 13.1. The summed E-state index contributed by atoms with van der Waals surface area (Å²) in [7, 11) is 0. The Bertz CT molecular complexity index is 839. The average molecular weight is 339 g/mol. The van der Waals surface area contributed by atoms with E-state index in [1.54, 1.807) is 0 Å². The van der Waals surface area contributed by atoms with Gasteiger partial charge in [0, 0.05) is 17.7 Å². The van der Waals surface area contributed by atoms with Crippen molar-refractivity contribution in [3.05, 3.63) is 23.0 Å². The molecule has 2 heterocycles. The topological polar surface area (TPSA) is 68.0 Å². The van der Waals surface area contributed by atoms with Crippen LogP contribution in [0.4, 0.5) is 0 Å². The van der Waals surface area contributed by atoms with Gasteiger partial charge in [0.15, 0.2) is 0 Å². The van der Waals surface area contributed by atoms with Crippen molar-refractivity contribution >= 4 is 17.0 Å². The lowest BCUT2D eigenvalue weighted by molar-refractivity contribution is 0.0916. The van der Waals surface area contributed by atoms with Crippen LogP contribution in [-0.4, -0.2) is 22.1 Å². The summed E-state index contributed by atoms with van der Waals surface area (Å²) in [5, 5.41) is 8.08. The highest BCUT2D eigenvalue weighted by molar-refractivity contribution is 6.06. The minimum absolute atomic E-state index is 0.00382. The van der Waals surface area contributed by atoms with E-state index in [1.165, 1.54) is 25.7 Å². The molecule has 1 amide bonds. The van der Waals surface area contributed by atoms with E-state index in [1.807, 2.05) is 13.0 Å². The lowest BCUT2D eigenvalue weighted by Gasteiger charge is -2.28. The van der Waals surface area contributed by atoms with E-state index in [4.69, 9.17) is 4.52 Å². The maximum atomic E-state index is 13.1. The van der Waals surface area contributed by atoms with Crippen LogP contribution < -0.4 is 5.32 Å². The molecule has 0 saturated heterocycles. The molecule has 5 nitrogen and oxygen atoms in total. The number of carbonyl (C=O) groups is 1. The van der Waals surface area contributed by atoms with E-state index in [0.717, 1.165) is 41.5 Å². The third-order valence-corrected chi connectivity index (χ3v) is 6.67. The summed E-state index contributed by atoms with van der Waals surface area (Å²) in [5.74, 6) is 2.80. The number of hydrogen-bond acceptors (Lipinski definition) is 4. The molecule has 0 aliphatic heterocycles. The number of aromatic nitrogens is 2. The Kier molecular flexibility index (Phi) is 3.41. The number of amides is 1. The van der Waals surface area contributed by atoms with E-state index in [9.17, 15) is 4.79 Å². The highest BCUT2D eigenvalue weighted by atomic mass is 16.5. The van der Waals surface area contributed by atoms with Crippen molar-refractivity contribution in [2.24, 2.45) is 17.8 Å². The number of fused-ring (bicyclic) bond motifs is 3. The largest absolute Gasteiger partial charge is 0.349 e. The molecule has 0 unspecified atom stereocenters. The van der Waals surface area contributed by atoms with Gasteiger partial charge in [0.05, 0.1) is 16.6 Å². The fourth-order valence-electron chi connectivity index (χ4n) is 5.18. The first-order chi connectivity index (χ1) is 12.1. The molecule has 3 saturated carbocycles. The van der Waals surface area contributed by atoms with Gasteiger partial charge in [-0.2, -0.15) is 0 Å². The van der Waals surface area contributed by atoms with E-state index in [-0.39, 0.29) is 11.9 Å². The van der Waals surface area contributed by atoms with Crippen LogP contribution in [0.3, 0.4) is 0 Å². The molecular weight excluding hydrogens is 314 g/mol. The monoisotopic (exact) mass is 339 g/mol. The summed E-state index contributed by atoms with van der Waals surface area (Å²) in [5.41, 5.74) is 2.89. The van der Waals surface area contributed by atoms with Crippen molar-refractivity contribution in [3.8, 4) is 0 Å². The van der Waals surface area contributed by atoms with E-state index >= 15 is 0 Å². The molecule has 4 atom stereocenters. The minimum Gasteiger partial charge on any atom is -0.349 e. The second-order valence-electron chi connectivity index (χ2n) is 8.42. The van der Waals surface area contributed by atoms with Gasteiger partial charge in [0.2, 0.25) is 0 Å². The van der Waals surface area contributed by atoms with Crippen molar-refractivity contribution in [1.82, 2.24) is 15.5 Å². The molecule has 2 bridgehead atoms. The van der Waals surface area contributed by atoms with E-state index in [0.29, 0.717) is 23.1 Å². The molecule has 3 aliphatic rings. The number of aryl methyl sites for hydroxylation is 1. The number of nitrogens with one attached hydrogen (secondary N) is 1. The molecule has 0 spiro atoms. The van der Waals surface area contributed by atoms with Crippen molar-refractivity contribution < 1.29 is 9.32 Å². The standard InChI is InChI=1S/C20H25N3O2/c1-10(15-8-12-3-4-14(15)7-12)21-19(24)16-9-17(13-5-6-13)22-20-18(16)11(2)23-25-20/h9-10,12-15H,3-8H2,1-2H3,(H,21,24)/t10-,12+,14+,15-/m0/s1. The number of nitrogens with zero attached hydrogens (tertiary/aromatic N) is 2. The lowest BCUT2D eigenvalue weighted by Crippen LogP contribution is -2.40. The van der Waals surface area contributed by atoms with Gasteiger partial charge in [0.1, 0.15) is 0 Å². The first-order valence-electron chi connectivity index (χ1n) is 9.68. The summed E-state index contributed by atoms with van der Waals surface area (Å²) in [4.78, 5) is 17.6. The lowest BCUT2D eigenvalue weighted by atomic mass is 9.84. The van der Waals surface area contributed by atoms with Crippen molar-refractivity contribution in [3.63, 3.8) is 0 Å². The van der Waals surface area contributed by atoms with Crippen LogP contribution in [0.25, 0.3) is 11.1 Å². The fourth-order valence-corrected chi connectivity index (χ4v) is 5.18. The van der Waals surface area contributed by atoms with Gasteiger partial charge in [-0.25, -0.2) is 4.98 Å². The summed E-state index contributed by atoms with van der Waals surface area (Å²) in [6, 6.07) is 2.18. The van der Waals surface area contributed by atoms with Crippen molar-refractivity contribution in [2.75, 3.05) is 0 Å². The van der Waals surface area contributed by atoms with Crippen LogP contribution in [-0.2, 0) is 0 Å². The molecule has 5 heteroatoms. The molecule has 0 aromatic carbocycles. The Balaban J connectivity index is 1.43. The quantitative estimate of drug-likeness (QED) is 0.915. The predicted octanol–water partition coefficient (Wildman–Crippen LogP) is 3.96. The second-order valence-corrected chi connectivity index (χ2v) is 8.42. The predicted molar refractivity (Wildman–Crippen MR) is 94.4 cm³/mol. The molecule has 25 heavy (non-hydrogen) atoms. The SMILES string of the molecule is Cc1noc2nc(C3CC3)cc(C(=O)N[C@@H](C)[C@@H]3C[C@@H]4CC[C@@H]3C4)c12. The van der Waals surface area contributed by atoms with E-state index in [2.05, 4.69) is 22.4 Å². The molecule has 0 radical (unpaired) electrons. The Morgan fingerprint density at radius 2 is 2.12 bits per heavy atom. The van der Waals surface area contributed by atoms with Crippen LogP contribution in [0.1, 0.15) is 73.1 Å². The first kappa shape index (κ1) is 15.4. The van der Waals surface area contributed by atoms with Gasteiger partial charge in [-0.05, 0) is 69.8 Å². The van der Waals surface area contributed by atoms with E-state index < -0.39 is 0 Å². The Hall–Kier alpha value is -1.91. The van der Waals surface area contributed by atoms with Gasteiger partial charge < -0.3 is 9.84 Å². The number of rotatable bonds is 4. The normalized spacial score (nSPS) is 29.3. The molecule has 2 aromatic rings. The molecule has 1 N–H and O–H groups in total. The zero-order valence-corrected chi connectivity index (χ0v) is 14.9. The van der Waals surface area contributed by atoms with Crippen LogP contribution in [0.2, 0.25) is 0 Å². The molecule has 132 valence electrons. The van der Waals surface area contributed by atoms with Crippen LogP contribution in [0, 0.1) is 24.7 Å². The smallest absolute Gasteiger partial charge is 0.259 e. The number of carbonyl (C=O) groups excluding carboxylic acids is 1. The van der Waals surface area contributed by atoms with Gasteiger partial charge in [0.25, 0.3) is 11.6 Å². The van der Waals surface area contributed by atoms with Crippen molar-refractivity contribution in [1.29, 1.82) is 0 Å². The zero-order valence-electron chi connectivity index (χ0n) is 14.9. The summed E-state index contributed by atoms with van der Waals surface area (Å²) in [6.45, 7) is 4.05. The molecule has 2 aromatic heterocycles. The van der Waals surface area contributed by atoms with Crippen LogP contribution >= 0.6 is 0 Å². The highest BCUT2D eigenvalue weighted by Crippen LogP contribution is 2.49.